The highest BCUT2D eigenvalue weighted by Gasteiger charge is 2.40. The fourth-order valence-corrected chi connectivity index (χ4v) is 3.78. The predicted octanol–water partition coefficient (Wildman–Crippen LogP) is 3.19. The first-order chi connectivity index (χ1) is 16.8. The Labute approximate surface area is 178 Å². The normalized spacial score (nSPS) is 21.1. The van der Waals surface area contributed by atoms with Crippen LogP contribution in [0.1, 0.15) is 56.9 Å². The van der Waals surface area contributed by atoms with E-state index in [4.69, 9.17) is 9.60 Å². The van der Waals surface area contributed by atoms with Gasteiger partial charge in [0.1, 0.15) is 0 Å². The summed E-state index contributed by atoms with van der Waals surface area (Å²) >= 11 is 0. The summed E-state index contributed by atoms with van der Waals surface area (Å²) in [6.45, 7) is -7.43. The highest BCUT2D eigenvalue weighted by Crippen LogP contribution is 2.39. The lowest BCUT2D eigenvalue weighted by Gasteiger charge is -2.40. The van der Waals surface area contributed by atoms with E-state index in [1.807, 2.05) is 24.3 Å². The molecule has 0 saturated carbocycles. The van der Waals surface area contributed by atoms with E-state index in [-0.39, 0.29) is 0 Å². The van der Waals surface area contributed by atoms with E-state index in [9.17, 15) is 14.7 Å². The first kappa shape index (κ1) is 12.2. The van der Waals surface area contributed by atoms with Crippen molar-refractivity contribution >= 4 is 5.91 Å². The molecule has 1 amide bonds. The molecule has 0 bridgehead atoms. The van der Waals surface area contributed by atoms with Gasteiger partial charge in [-0.15, -0.1) is 0 Å². The Kier molecular flexibility index (Phi) is 3.18. The molecule has 29 heavy (non-hydrogen) atoms. The van der Waals surface area contributed by atoms with Crippen LogP contribution in [0.3, 0.4) is 0 Å². The van der Waals surface area contributed by atoms with Crippen molar-refractivity contribution < 1.29 is 19.5 Å². The van der Waals surface area contributed by atoms with Gasteiger partial charge in [0.25, 0.3) is 5.91 Å². The molecule has 4 rings (SSSR count). The second kappa shape index (κ2) is 7.54. The van der Waals surface area contributed by atoms with Crippen molar-refractivity contribution in [1.82, 2.24) is 14.7 Å². The molecule has 1 unspecified atom stereocenters. The molecule has 0 spiro atoms. The number of carbonyl (C=O) groups is 1. The lowest BCUT2D eigenvalue weighted by atomic mass is 9.83. The van der Waals surface area contributed by atoms with Crippen molar-refractivity contribution in [3.05, 3.63) is 93.9 Å². The molecule has 0 aliphatic carbocycles. The van der Waals surface area contributed by atoms with E-state index in [0.717, 1.165) is 22.0 Å². The van der Waals surface area contributed by atoms with Crippen molar-refractivity contribution in [2.45, 2.75) is 31.7 Å². The molecule has 3 aromatic rings. The quantitative estimate of drug-likeness (QED) is 0.735. The van der Waals surface area contributed by atoms with Gasteiger partial charge in [-0.3, -0.25) is 14.3 Å². The predicted molar refractivity (Wildman–Crippen MR) is 110 cm³/mol. The van der Waals surface area contributed by atoms with Gasteiger partial charge in [0.15, 0.2) is 11.4 Å². The number of nitrogens with zero attached hydrogens (tertiary/aromatic N) is 3. The number of benzene rings is 2. The average Bonchev–Trinajstić information content (AvgIpc) is 2.82. The highest BCUT2D eigenvalue weighted by molar-refractivity contribution is 5.96. The molecule has 1 atom stereocenters. The lowest BCUT2D eigenvalue weighted by Crippen LogP contribution is -2.49. The molecule has 1 aliphatic rings. The van der Waals surface area contributed by atoms with Crippen LogP contribution in [0.4, 0.5) is 0 Å². The van der Waals surface area contributed by atoms with E-state index >= 15 is 0 Å². The maximum Gasteiger partial charge on any atom is 0.276 e. The Balaban J connectivity index is 2.03. The Morgan fingerprint density at radius 2 is 1.66 bits per heavy atom. The second-order valence-electron chi connectivity index (χ2n) is 6.78. The van der Waals surface area contributed by atoms with Crippen molar-refractivity contribution in [3.63, 3.8) is 0 Å². The number of amides is 1. The third-order valence-corrected chi connectivity index (χ3v) is 5.09. The average molecular weight is 396 g/mol. The molecule has 2 aromatic carbocycles. The zero-order valence-electron chi connectivity index (χ0n) is 22.3. The third-order valence-electron chi connectivity index (χ3n) is 5.09. The van der Waals surface area contributed by atoms with Crippen LogP contribution in [0, 0.1) is 0 Å². The molecule has 2 heterocycles. The van der Waals surface area contributed by atoms with Gasteiger partial charge in [0.05, 0.1) is 13.6 Å². The molecular formula is C23H23N3O3. The Morgan fingerprint density at radius 3 is 2.21 bits per heavy atom. The zero-order chi connectivity index (χ0) is 26.5. The maximum atomic E-state index is 13.5. The topological polar surface area (TPSA) is 75.4 Å². The Hall–Kier alpha value is -3.41. The minimum atomic E-state index is -3.45. The largest absolute Gasteiger partial charge is 0.502 e. The summed E-state index contributed by atoms with van der Waals surface area (Å²) in [6.07, 6.45) is 0.837. The zero-order valence-corrected chi connectivity index (χ0v) is 15.3. The number of hydrogen-bond donors (Lipinski definition) is 1. The van der Waals surface area contributed by atoms with Gasteiger partial charge in [0.2, 0.25) is 5.43 Å². The fraction of sp³-hybridized carbons (Fsp3) is 0.261. The summed E-state index contributed by atoms with van der Waals surface area (Å²) in [6, 6.07) is 13.6. The number of rotatable bonds is 4. The molecule has 1 N–H and O–H groups in total. The second-order valence-corrected chi connectivity index (χ2v) is 6.78. The van der Waals surface area contributed by atoms with Crippen LogP contribution in [0.5, 0.6) is 5.75 Å². The van der Waals surface area contributed by atoms with Crippen LogP contribution in [0.15, 0.2) is 71.7 Å². The monoisotopic (exact) mass is 396 g/mol. The van der Waals surface area contributed by atoms with E-state index < -0.39 is 61.0 Å². The summed E-state index contributed by atoms with van der Waals surface area (Å²) in [5, 5.41) is 14.7. The molecular weight excluding hydrogens is 366 g/mol. The highest BCUT2D eigenvalue weighted by atomic mass is 16.3. The van der Waals surface area contributed by atoms with Crippen LogP contribution in [0.2, 0.25) is 0 Å². The molecule has 0 radical (unpaired) electrons. The molecule has 6 heteroatoms. The van der Waals surface area contributed by atoms with Gasteiger partial charge < -0.3 is 10.0 Å². The SMILES string of the molecule is [2H]C([2H])([2H])C([2H])(N1CC(C(c2ccccc2)c2ccccc2)n2ncc(=O)c(O)c2C1=O)C([2H])([2H])[2H]. The minimum Gasteiger partial charge on any atom is -0.502 e. The summed E-state index contributed by atoms with van der Waals surface area (Å²) < 4.78 is 57.1. The van der Waals surface area contributed by atoms with Crippen molar-refractivity contribution in [2.75, 3.05) is 6.54 Å². The fourth-order valence-electron chi connectivity index (χ4n) is 3.78. The first-order valence-corrected chi connectivity index (χ1v) is 9.01. The number of aromatic hydroxyl groups is 1. The van der Waals surface area contributed by atoms with E-state index in [0.29, 0.717) is 4.90 Å². The van der Waals surface area contributed by atoms with Gasteiger partial charge in [-0.25, -0.2) is 0 Å². The molecule has 148 valence electrons. The first-order valence-electron chi connectivity index (χ1n) is 12.5. The van der Waals surface area contributed by atoms with Crippen LogP contribution >= 0.6 is 0 Å². The molecule has 1 aliphatic heterocycles. The number of fused-ring (bicyclic) bond motifs is 1. The van der Waals surface area contributed by atoms with Gasteiger partial charge in [-0.05, 0) is 24.8 Å². The summed E-state index contributed by atoms with van der Waals surface area (Å²) in [7, 11) is 0. The van der Waals surface area contributed by atoms with Gasteiger partial charge in [-0.1, -0.05) is 60.7 Å². The third kappa shape index (κ3) is 3.31. The van der Waals surface area contributed by atoms with Crippen molar-refractivity contribution in [1.29, 1.82) is 0 Å². The molecule has 1 aromatic heterocycles. The van der Waals surface area contributed by atoms with Gasteiger partial charge in [0, 0.05) is 26.7 Å². The van der Waals surface area contributed by atoms with E-state index in [1.165, 1.54) is 0 Å². The summed E-state index contributed by atoms with van der Waals surface area (Å²) in [4.78, 5) is 26.2. The summed E-state index contributed by atoms with van der Waals surface area (Å²) in [5.74, 6) is -2.90. The van der Waals surface area contributed by atoms with E-state index in [1.54, 1.807) is 36.4 Å². The van der Waals surface area contributed by atoms with Crippen molar-refractivity contribution in [2.24, 2.45) is 0 Å². The lowest BCUT2D eigenvalue weighted by molar-refractivity contribution is 0.0570. The van der Waals surface area contributed by atoms with Crippen molar-refractivity contribution in [3.8, 4) is 5.75 Å². The molecule has 0 saturated heterocycles. The Bertz CT molecular complexity index is 1270. The summed E-state index contributed by atoms with van der Waals surface area (Å²) in [5.41, 5.74) is -0.204. The maximum absolute atomic E-state index is 13.5. The standard InChI is InChI=1S/C23H23N3O3/c1-15(2)25-14-18(26-21(23(25)29)22(28)19(27)13-24-26)20(16-9-5-3-6-10-16)17-11-7-4-8-12-17/h3-13,15,18,20,28H,14H2,1-2H3/i1D3,2D3,15D. The minimum absolute atomic E-state index is 0.423. The molecule has 0 fully saturated rings. The van der Waals surface area contributed by atoms with Crippen LogP contribution < -0.4 is 5.43 Å². The number of carbonyl (C=O) groups excluding carboxylic acids is 1. The molecule has 6 nitrogen and oxygen atoms in total. The van der Waals surface area contributed by atoms with E-state index in [2.05, 4.69) is 5.10 Å². The Morgan fingerprint density at radius 1 is 1.07 bits per heavy atom. The smallest absolute Gasteiger partial charge is 0.276 e. The van der Waals surface area contributed by atoms with Gasteiger partial charge >= 0.3 is 0 Å². The number of aromatic nitrogens is 2. The number of hydrogen-bond acceptors (Lipinski definition) is 4. The van der Waals surface area contributed by atoms with Crippen LogP contribution in [-0.2, 0) is 0 Å². The van der Waals surface area contributed by atoms with Crippen LogP contribution in [0.25, 0.3) is 0 Å². The van der Waals surface area contributed by atoms with Gasteiger partial charge in [-0.2, -0.15) is 5.10 Å². The van der Waals surface area contributed by atoms with Crippen LogP contribution in [-0.4, -0.2) is 38.3 Å².